The SMILES string of the molecule is CC(=O)NCCOCCOCCOCCOCCOC(C)=O. The Labute approximate surface area is 131 Å². The number of carbonyl (C=O) groups excluding carboxylic acids is 2. The topological polar surface area (TPSA) is 92.3 Å². The third-order valence-electron chi connectivity index (χ3n) is 2.27. The summed E-state index contributed by atoms with van der Waals surface area (Å²) >= 11 is 0. The van der Waals surface area contributed by atoms with Crippen LogP contribution < -0.4 is 5.32 Å². The van der Waals surface area contributed by atoms with Crippen LogP contribution in [0.1, 0.15) is 13.8 Å². The molecular formula is C14H27NO7. The summed E-state index contributed by atoms with van der Waals surface area (Å²) < 4.78 is 25.7. The van der Waals surface area contributed by atoms with Gasteiger partial charge in [0.2, 0.25) is 5.91 Å². The van der Waals surface area contributed by atoms with Gasteiger partial charge in [0.05, 0.1) is 52.9 Å². The molecule has 0 aromatic carbocycles. The summed E-state index contributed by atoms with van der Waals surface area (Å²) in [6.07, 6.45) is 0. The smallest absolute Gasteiger partial charge is 0.302 e. The third kappa shape index (κ3) is 18.8. The van der Waals surface area contributed by atoms with E-state index in [0.29, 0.717) is 59.4 Å². The molecule has 0 rings (SSSR count). The lowest BCUT2D eigenvalue weighted by molar-refractivity contribution is -0.142. The standard InChI is InChI=1S/C14H27NO7/c1-13(16)15-3-4-18-5-6-19-7-8-20-9-10-21-11-12-22-14(2)17/h3-12H2,1-2H3,(H,15,16). The van der Waals surface area contributed by atoms with Crippen molar-refractivity contribution in [1.82, 2.24) is 5.32 Å². The zero-order valence-corrected chi connectivity index (χ0v) is 13.4. The molecule has 0 aliphatic heterocycles. The average Bonchev–Trinajstić information content (AvgIpc) is 2.46. The summed E-state index contributed by atoms with van der Waals surface area (Å²) in [6.45, 7) is 7.31. The van der Waals surface area contributed by atoms with Gasteiger partial charge >= 0.3 is 5.97 Å². The van der Waals surface area contributed by atoms with Gasteiger partial charge in [-0.2, -0.15) is 0 Å². The first-order chi connectivity index (χ1) is 10.6. The molecule has 0 aromatic heterocycles. The second-order valence-corrected chi connectivity index (χ2v) is 4.27. The molecule has 0 unspecified atom stereocenters. The van der Waals surface area contributed by atoms with Crippen LogP contribution in [0.25, 0.3) is 0 Å². The Morgan fingerprint density at radius 1 is 0.682 bits per heavy atom. The fourth-order valence-electron chi connectivity index (χ4n) is 1.31. The number of ether oxygens (including phenoxy) is 5. The molecule has 0 atom stereocenters. The molecule has 1 N–H and O–H groups in total. The van der Waals surface area contributed by atoms with Crippen molar-refractivity contribution in [3.8, 4) is 0 Å². The van der Waals surface area contributed by atoms with Gasteiger partial charge in [-0.15, -0.1) is 0 Å². The van der Waals surface area contributed by atoms with Crippen LogP contribution in [0.4, 0.5) is 0 Å². The number of rotatable bonds is 15. The van der Waals surface area contributed by atoms with E-state index in [4.69, 9.17) is 23.7 Å². The third-order valence-corrected chi connectivity index (χ3v) is 2.27. The second-order valence-electron chi connectivity index (χ2n) is 4.27. The number of hydrogen-bond acceptors (Lipinski definition) is 7. The molecule has 1 amide bonds. The minimum absolute atomic E-state index is 0.0626. The molecule has 0 aliphatic rings. The first-order valence-corrected chi connectivity index (χ1v) is 7.31. The first-order valence-electron chi connectivity index (χ1n) is 7.31. The van der Waals surface area contributed by atoms with Crippen molar-refractivity contribution < 1.29 is 33.3 Å². The van der Waals surface area contributed by atoms with Gasteiger partial charge in [0.1, 0.15) is 6.61 Å². The average molecular weight is 321 g/mol. The lowest BCUT2D eigenvalue weighted by Crippen LogP contribution is -2.25. The Morgan fingerprint density at radius 2 is 1.09 bits per heavy atom. The van der Waals surface area contributed by atoms with Gasteiger partial charge in [0, 0.05) is 20.4 Å². The fourth-order valence-corrected chi connectivity index (χ4v) is 1.31. The molecule has 0 radical (unpaired) electrons. The van der Waals surface area contributed by atoms with E-state index in [-0.39, 0.29) is 18.5 Å². The zero-order valence-electron chi connectivity index (χ0n) is 13.4. The summed E-state index contributed by atoms with van der Waals surface area (Å²) in [4.78, 5) is 21.0. The number of amides is 1. The Bertz CT molecular complexity index is 258. The highest BCUT2D eigenvalue weighted by Gasteiger charge is 1.95. The van der Waals surface area contributed by atoms with E-state index in [1.54, 1.807) is 0 Å². The van der Waals surface area contributed by atoms with Crippen LogP contribution in [0, 0.1) is 0 Å². The van der Waals surface area contributed by atoms with Crippen LogP contribution in [-0.4, -0.2) is 77.9 Å². The molecule has 0 bridgehead atoms. The molecule has 0 spiro atoms. The monoisotopic (exact) mass is 321 g/mol. The zero-order chi connectivity index (χ0) is 16.5. The first kappa shape index (κ1) is 20.8. The van der Waals surface area contributed by atoms with E-state index < -0.39 is 0 Å². The van der Waals surface area contributed by atoms with Crippen molar-refractivity contribution in [3.63, 3.8) is 0 Å². The van der Waals surface area contributed by atoms with Crippen LogP contribution in [0.2, 0.25) is 0 Å². The molecule has 0 fully saturated rings. The number of hydrogen-bond donors (Lipinski definition) is 1. The maximum absolute atomic E-state index is 10.6. The van der Waals surface area contributed by atoms with Crippen molar-refractivity contribution in [2.75, 3.05) is 66.0 Å². The van der Waals surface area contributed by atoms with E-state index in [2.05, 4.69) is 5.32 Å². The highest BCUT2D eigenvalue weighted by molar-refractivity contribution is 5.72. The Hall–Kier alpha value is -1.22. The van der Waals surface area contributed by atoms with Gasteiger partial charge in [-0.3, -0.25) is 9.59 Å². The van der Waals surface area contributed by atoms with Gasteiger partial charge in [-0.1, -0.05) is 0 Å². The molecule has 0 saturated heterocycles. The lowest BCUT2D eigenvalue weighted by atomic mass is 10.6. The van der Waals surface area contributed by atoms with E-state index in [1.807, 2.05) is 0 Å². The summed E-state index contributed by atoms with van der Waals surface area (Å²) in [6, 6.07) is 0. The van der Waals surface area contributed by atoms with Crippen molar-refractivity contribution in [3.05, 3.63) is 0 Å². The van der Waals surface area contributed by atoms with Gasteiger partial charge in [-0.05, 0) is 0 Å². The van der Waals surface area contributed by atoms with Crippen LogP contribution in [0.3, 0.4) is 0 Å². The number of carbonyl (C=O) groups is 2. The van der Waals surface area contributed by atoms with E-state index >= 15 is 0 Å². The molecule has 0 aromatic rings. The van der Waals surface area contributed by atoms with E-state index in [1.165, 1.54) is 13.8 Å². The molecule has 0 aliphatic carbocycles. The lowest BCUT2D eigenvalue weighted by Gasteiger charge is -2.07. The molecule has 130 valence electrons. The quantitative estimate of drug-likeness (QED) is 0.328. The largest absolute Gasteiger partial charge is 0.463 e. The highest BCUT2D eigenvalue weighted by Crippen LogP contribution is 1.84. The molecule has 0 saturated carbocycles. The minimum Gasteiger partial charge on any atom is -0.463 e. The van der Waals surface area contributed by atoms with Crippen molar-refractivity contribution in [2.24, 2.45) is 0 Å². The van der Waals surface area contributed by atoms with E-state index in [0.717, 1.165) is 0 Å². The molecular weight excluding hydrogens is 294 g/mol. The maximum Gasteiger partial charge on any atom is 0.302 e. The summed E-state index contributed by atoms with van der Waals surface area (Å²) in [5.41, 5.74) is 0. The maximum atomic E-state index is 10.6. The van der Waals surface area contributed by atoms with Crippen LogP contribution in [-0.2, 0) is 33.3 Å². The molecule has 8 heteroatoms. The second kappa shape index (κ2) is 16.2. The normalized spacial score (nSPS) is 10.5. The Balaban J connectivity index is 2.99. The minimum atomic E-state index is -0.309. The number of nitrogens with one attached hydrogen (secondary N) is 1. The van der Waals surface area contributed by atoms with Gasteiger partial charge in [0.25, 0.3) is 0 Å². The molecule has 0 heterocycles. The highest BCUT2D eigenvalue weighted by atomic mass is 16.6. The summed E-state index contributed by atoms with van der Waals surface area (Å²) in [5, 5.41) is 2.63. The van der Waals surface area contributed by atoms with Crippen LogP contribution >= 0.6 is 0 Å². The predicted octanol–water partition coefficient (Wildman–Crippen LogP) is -0.248. The Morgan fingerprint density at radius 3 is 1.50 bits per heavy atom. The van der Waals surface area contributed by atoms with Gasteiger partial charge < -0.3 is 29.0 Å². The van der Waals surface area contributed by atoms with Crippen molar-refractivity contribution >= 4 is 11.9 Å². The number of esters is 1. The van der Waals surface area contributed by atoms with Crippen LogP contribution in [0.5, 0.6) is 0 Å². The molecule has 8 nitrogen and oxygen atoms in total. The van der Waals surface area contributed by atoms with Gasteiger partial charge in [0.15, 0.2) is 0 Å². The summed E-state index contributed by atoms with van der Waals surface area (Å²) in [7, 11) is 0. The molecule has 22 heavy (non-hydrogen) atoms. The van der Waals surface area contributed by atoms with Gasteiger partial charge in [-0.25, -0.2) is 0 Å². The van der Waals surface area contributed by atoms with Crippen LogP contribution in [0.15, 0.2) is 0 Å². The summed E-state index contributed by atoms with van der Waals surface area (Å²) in [5.74, 6) is -0.372. The fraction of sp³-hybridized carbons (Fsp3) is 0.857. The van der Waals surface area contributed by atoms with Crippen molar-refractivity contribution in [2.45, 2.75) is 13.8 Å². The van der Waals surface area contributed by atoms with E-state index in [9.17, 15) is 9.59 Å². The predicted molar refractivity (Wildman–Crippen MR) is 78.6 cm³/mol. The van der Waals surface area contributed by atoms with Crippen molar-refractivity contribution in [1.29, 1.82) is 0 Å². The Kier molecular flexibility index (Phi) is 15.3.